The van der Waals surface area contributed by atoms with Gasteiger partial charge in [0, 0.05) is 4.47 Å². The average molecular weight is 349 g/mol. The summed E-state index contributed by atoms with van der Waals surface area (Å²) in [6, 6.07) is 17.4. The molecule has 0 heterocycles. The van der Waals surface area contributed by atoms with Crippen LogP contribution in [0.3, 0.4) is 0 Å². The van der Waals surface area contributed by atoms with E-state index in [-0.39, 0.29) is 6.61 Å². The van der Waals surface area contributed by atoms with Gasteiger partial charge in [-0.3, -0.25) is 4.79 Å². The first-order valence-electron chi connectivity index (χ1n) is 6.74. The van der Waals surface area contributed by atoms with Gasteiger partial charge in [-0.2, -0.15) is 0 Å². The molecule has 1 N–H and O–H groups in total. The van der Waals surface area contributed by atoms with Gasteiger partial charge < -0.3 is 9.84 Å². The van der Waals surface area contributed by atoms with Crippen molar-refractivity contribution in [3.8, 4) is 0 Å². The Morgan fingerprint density at radius 1 is 1.10 bits per heavy atom. The minimum atomic E-state index is -0.831. The Bertz CT molecular complexity index is 584. The third-order valence-corrected chi connectivity index (χ3v) is 3.64. The molecular weight excluding hydrogens is 332 g/mol. The Balaban J connectivity index is 1.89. The number of rotatable bonds is 7. The van der Waals surface area contributed by atoms with E-state index >= 15 is 0 Å². The second-order valence-electron chi connectivity index (χ2n) is 4.87. The topological polar surface area (TPSA) is 46.5 Å². The van der Waals surface area contributed by atoms with E-state index in [4.69, 9.17) is 4.74 Å². The van der Waals surface area contributed by atoms with Crippen LogP contribution in [0.4, 0.5) is 0 Å². The van der Waals surface area contributed by atoms with E-state index < -0.39 is 11.9 Å². The maximum atomic E-state index is 11.3. The van der Waals surface area contributed by atoms with Crippen molar-refractivity contribution >= 4 is 21.9 Å². The summed E-state index contributed by atoms with van der Waals surface area (Å²) in [6.07, 6.45) is 0.462. The van der Waals surface area contributed by atoms with Crippen molar-refractivity contribution in [2.75, 3.05) is 6.61 Å². The smallest absolute Gasteiger partial charge is 0.309 e. The molecule has 0 aliphatic carbocycles. The second-order valence-corrected chi connectivity index (χ2v) is 5.79. The van der Waals surface area contributed by atoms with Gasteiger partial charge in [0.25, 0.3) is 0 Å². The van der Waals surface area contributed by atoms with Crippen LogP contribution in [0, 0.1) is 5.92 Å². The lowest BCUT2D eigenvalue weighted by molar-refractivity contribution is -0.144. The largest absolute Gasteiger partial charge is 0.481 e. The number of benzene rings is 2. The summed E-state index contributed by atoms with van der Waals surface area (Å²) in [5.41, 5.74) is 2.03. The zero-order valence-corrected chi connectivity index (χ0v) is 13.1. The van der Waals surface area contributed by atoms with E-state index in [1.54, 1.807) is 0 Å². The molecule has 0 spiro atoms. The summed E-state index contributed by atoms with van der Waals surface area (Å²) >= 11 is 3.39. The first-order chi connectivity index (χ1) is 10.1. The molecule has 0 bridgehead atoms. The van der Waals surface area contributed by atoms with Crippen molar-refractivity contribution in [2.24, 2.45) is 5.92 Å². The van der Waals surface area contributed by atoms with Crippen molar-refractivity contribution in [3.63, 3.8) is 0 Å². The monoisotopic (exact) mass is 348 g/mol. The molecule has 110 valence electrons. The first-order valence-corrected chi connectivity index (χ1v) is 7.53. The molecule has 21 heavy (non-hydrogen) atoms. The number of carbonyl (C=O) groups is 1. The lowest BCUT2D eigenvalue weighted by atomic mass is 10.0. The van der Waals surface area contributed by atoms with Crippen molar-refractivity contribution < 1.29 is 14.6 Å². The van der Waals surface area contributed by atoms with Gasteiger partial charge in [0.15, 0.2) is 0 Å². The normalized spacial score (nSPS) is 12.0. The Morgan fingerprint density at radius 3 is 2.48 bits per heavy atom. The third-order valence-electron chi connectivity index (χ3n) is 3.15. The maximum Gasteiger partial charge on any atom is 0.309 e. The number of ether oxygens (including phenoxy) is 1. The molecule has 0 saturated carbocycles. The van der Waals surface area contributed by atoms with Crippen molar-refractivity contribution in [1.82, 2.24) is 0 Å². The predicted molar refractivity (Wildman–Crippen MR) is 85.1 cm³/mol. The summed E-state index contributed by atoms with van der Waals surface area (Å²) in [6.45, 7) is 0.639. The van der Waals surface area contributed by atoms with Gasteiger partial charge in [-0.05, 0) is 29.7 Å². The van der Waals surface area contributed by atoms with Gasteiger partial charge >= 0.3 is 5.97 Å². The summed E-state index contributed by atoms with van der Waals surface area (Å²) in [7, 11) is 0. The summed E-state index contributed by atoms with van der Waals surface area (Å²) in [5.74, 6) is -1.37. The van der Waals surface area contributed by atoms with E-state index in [1.807, 2.05) is 54.6 Å². The highest BCUT2D eigenvalue weighted by atomic mass is 79.9. The van der Waals surface area contributed by atoms with Gasteiger partial charge in [0.05, 0.1) is 19.1 Å². The molecule has 1 unspecified atom stereocenters. The Morgan fingerprint density at radius 2 is 1.81 bits per heavy atom. The summed E-state index contributed by atoms with van der Waals surface area (Å²) in [5, 5.41) is 9.31. The Labute approximate surface area is 132 Å². The zero-order valence-electron chi connectivity index (χ0n) is 11.5. The van der Waals surface area contributed by atoms with Gasteiger partial charge in [0.1, 0.15) is 0 Å². The van der Waals surface area contributed by atoms with Crippen LogP contribution in [-0.4, -0.2) is 17.7 Å². The van der Waals surface area contributed by atoms with Crippen LogP contribution in [0.1, 0.15) is 11.1 Å². The number of hydrogen-bond acceptors (Lipinski definition) is 2. The molecule has 0 fully saturated rings. The van der Waals surface area contributed by atoms with Gasteiger partial charge in [-0.15, -0.1) is 0 Å². The van der Waals surface area contributed by atoms with Crippen LogP contribution in [0.15, 0.2) is 59.1 Å². The molecule has 3 nitrogen and oxygen atoms in total. The van der Waals surface area contributed by atoms with Crippen LogP contribution in [0.5, 0.6) is 0 Å². The highest BCUT2D eigenvalue weighted by Gasteiger charge is 2.18. The summed E-state index contributed by atoms with van der Waals surface area (Å²) < 4.78 is 6.51. The van der Waals surface area contributed by atoms with Crippen molar-refractivity contribution in [2.45, 2.75) is 13.0 Å². The molecule has 0 aliphatic heterocycles. The number of carboxylic acid groups (broad SMARTS) is 1. The molecule has 2 aromatic rings. The standard InChI is InChI=1S/C17H17BrO3/c18-16-8-4-7-14(10-16)9-15(17(19)20)12-21-11-13-5-2-1-3-6-13/h1-8,10,15H,9,11-12H2,(H,19,20). The molecule has 0 aromatic heterocycles. The van der Waals surface area contributed by atoms with E-state index in [0.29, 0.717) is 13.0 Å². The Kier molecular flexibility index (Phi) is 5.96. The van der Waals surface area contributed by atoms with Crippen LogP contribution in [0.25, 0.3) is 0 Å². The Hall–Kier alpha value is -1.65. The highest BCUT2D eigenvalue weighted by molar-refractivity contribution is 9.10. The van der Waals surface area contributed by atoms with Crippen LogP contribution >= 0.6 is 15.9 Å². The minimum absolute atomic E-state index is 0.205. The van der Waals surface area contributed by atoms with E-state index in [0.717, 1.165) is 15.6 Å². The molecule has 1 atom stereocenters. The number of halogens is 1. The fraction of sp³-hybridized carbons (Fsp3) is 0.235. The van der Waals surface area contributed by atoms with Gasteiger partial charge in [-0.25, -0.2) is 0 Å². The van der Waals surface area contributed by atoms with E-state index in [2.05, 4.69) is 15.9 Å². The minimum Gasteiger partial charge on any atom is -0.481 e. The first kappa shape index (κ1) is 15.7. The van der Waals surface area contributed by atoms with Gasteiger partial charge in [0.2, 0.25) is 0 Å². The van der Waals surface area contributed by atoms with Crippen LogP contribution in [0.2, 0.25) is 0 Å². The molecule has 2 aromatic carbocycles. The van der Waals surface area contributed by atoms with Gasteiger partial charge in [-0.1, -0.05) is 58.4 Å². The number of carboxylic acids is 1. The fourth-order valence-corrected chi connectivity index (χ4v) is 2.51. The van der Waals surface area contributed by atoms with Crippen molar-refractivity contribution in [3.05, 3.63) is 70.2 Å². The van der Waals surface area contributed by atoms with Crippen LogP contribution in [-0.2, 0) is 22.6 Å². The quantitative estimate of drug-likeness (QED) is 0.824. The van der Waals surface area contributed by atoms with Crippen molar-refractivity contribution in [1.29, 1.82) is 0 Å². The number of aliphatic carboxylic acids is 1. The second kappa shape index (κ2) is 7.96. The lowest BCUT2D eigenvalue weighted by Crippen LogP contribution is -2.22. The number of hydrogen-bond donors (Lipinski definition) is 1. The molecule has 0 saturated heterocycles. The lowest BCUT2D eigenvalue weighted by Gasteiger charge is -2.13. The molecule has 0 amide bonds. The molecule has 0 radical (unpaired) electrons. The molecule has 4 heteroatoms. The molecule has 2 rings (SSSR count). The maximum absolute atomic E-state index is 11.3. The summed E-state index contributed by atoms with van der Waals surface area (Å²) in [4.78, 5) is 11.3. The highest BCUT2D eigenvalue weighted by Crippen LogP contribution is 2.16. The third kappa shape index (κ3) is 5.33. The molecular formula is C17H17BrO3. The fourth-order valence-electron chi connectivity index (χ4n) is 2.06. The van der Waals surface area contributed by atoms with Crippen LogP contribution < -0.4 is 0 Å². The average Bonchev–Trinajstić information content (AvgIpc) is 2.47. The molecule has 0 aliphatic rings. The predicted octanol–water partition coefficient (Wildman–Crippen LogP) is 3.91. The SMILES string of the molecule is O=C(O)C(COCc1ccccc1)Cc1cccc(Br)c1. The van der Waals surface area contributed by atoms with E-state index in [1.165, 1.54) is 0 Å². The van der Waals surface area contributed by atoms with E-state index in [9.17, 15) is 9.90 Å². The zero-order chi connectivity index (χ0) is 15.1.